The third-order valence-corrected chi connectivity index (χ3v) is 3.71. The van der Waals surface area contributed by atoms with Crippen LogP contribution in [0, 0.1) is 0 Å². The molecule has 112 valence electrons. The van der Waals surface area contributed by atoms with Gasteiger partial charge in [-0.15, -0.1) is 11.3 Å². The molecule has 0 spiro atoms. The van der Waals surface area contributed by atoms with Gasteiger partial charge in [-0.05, 0) is 38.1 Å². The Kier molecular flexibility index (Phi) is 4.34. The third kappa shape index (κ3) is 3.43. The first-order chi connectivity index (χ1) is 10.7. The van der Waals surface area contributed by atoms with Gasteiger partial charge in [0.2, 0.25) is 0 Å². The Hall–Kier alpha value is -2.40. The Morgan fingerprint density at radius 2 is 2.00 bits per heavy atom. The second-order valence-electron chi connectivity index (χ2n) is 5.07. The van der Waals surface area contributed by atoms with E-state index in [1.807, 2.05) is 61.8 Å². The fourth-order valence-electron chi connectivity index (χ4n) is 2.02. The van der Waals surface area contributed by atoms with Crippen LogP contribution in [0.25, 0.3) is 11.3 Å². The highest BCUT2D eigenvalue weighted by atomic mass is 32.1. The molecule has 0 saturated heterocycles. The Balaban J connectivity index is 1.81. The van der Waals surface area contributed by atoms with E-state index >= 15 is 0 Å². The lowest BCUT2D eigenvalue weighted by Gasteiger charge is -2.14. The van der Waals surface area contributed by atoms with Gasteiger partial charge in [0, 0.05) is 23.3 Å². The largest absolute Gasteiger partial charge is 0.489 e. The normalized spacial score (nSPS) is 10.7. The molecule has 22 heavy (non-hydrogen) atoms. The molecule has 2 heterocycles. The highest BCUT2D eigenvalue weighted by molar-refractivity contribution is 7.14. The molecule has 5 heteroatoms. The highest BCUT2D eigenvalue weighted by Gasteiger charge is 2.08. The number of thiazole rings is 1. The maximum Gasteiger partial charge on any atom is 0.187 e. The molecule has 0 aliphatic rings. The Morgan fingerprint density at radius 1 is 1.14 bits per heavy atom. The summed E-state index contributed by atoms with van der Waals surface area (Å²) in [4.78, 5) is 8.73. The number of hydrogen-bond donors (Lipinski definition) is 1. The zero-order chi connectivity index (χ0) is 15.4. The lowest BCUT2D eigenvalue weighted by molar-refractivity contribution is 0.244. The summed E-state index contributed by atoms with van der Waals surface area (Å²) in [5.74, 6) is 0.829. The topological polar surface area (TPSA) is 47.0 Å². The van der Waals surface area contributed by atoms with Crippen molar-refractivity contribution in [1.82, 2.24) is 9.97 Å². The van der Waals surface area contributed by atoms with Crippen molar-refractivity contribution in [3.63, 3.8) is 0 Å². The molecule has 0 fully saturated rings. The lowest BCUT2D eigenvalue weighted by atomic mass is 10.2. The van der Waals surface area contributed by atoms with E-state index in [0.717, 1.165) is 27.8 Å². The maximum atomic E-state index is 5.81. The van der Waals surface area contributed by atoms with Gasteiger partial charge in [-0.1, -0.05) is 12.1 Å². The van der Waals surface area contributed by atoms with Gasteiger partial charge >= 0.3 is 0 Å². The molecule has 0 saturated carbocycles. The van der Waals surface area contributed by atoms with E-state index in [4.69, 9.17) is 4.74 Å². The van der Waals surface area contributed by atoms with Crippen LogP contribution in [0.4, 0.5) is 10.8 Å². The van der Waals surface area contributed by atoms with E-state index in [2.05, 4.69) is 15.3 Å². The minimum Gasteiger partial charge on any atom is -0.489 e. The molecule has 4 nitrogen and oxygen atoms in total. The van der Waals surface area contributed by atoms with Gasteiger partial charge in [-0.3, -0.25) is 4.98 Å². The molecule has 0 amide bonds. The van der Waals surface area contributed by atoms with Gasteiger partial charge in [0.1, 0.15) is 5.75 Å². The number of anilines is 2. The summed E-state index contributed by atoms with van der Waals surface area (Å²) in [7, 11) is 0. The molecular weight excluding hydrogens is 294 g/mol. The van der Waals surface area contributed by atoms with E-state index in [0.29, 0.717) is 0 Å². The Bertz CT molecular complexity index is 740. The van der Waals surface area contributed by atoms with Crippen molar-refractivity contribution in [3.8, 4) is 17.0 Å². The van der Waals surface area contributed by atoms with Crippen LogP contribution in [-0.2, 0) is 0 Å². The average Bonchev–Trinajstić information content (AvgIpc) is 2.98. The summed E-state index contributed by atoms with van der Waals surface area (Å²) in [6.45, 7) is 4.03. The molecule has 0 bridgehead atoms. The summed E-state index contributed by atoms with van der Waals surface area (Å²) in [6, 6.07) is 11.8. The molecule has 1 aromatic carbocycles. The van der Waals surface area contributed by atoms with Crippen molar-refractivity contribution in [2.75, 3.05) is 5.32 Å². The second-order valence-corrected chi connectivity index (χ2v) is 5.93. The standard InChI is InChI=1S/C17H17N3OS/c1-12(2)21-16-8-4-3-7-14(16)19-17-20-15(11-22-17)13-6-5-9-18-10-13/h3-12H,1-2H3,(H,19,20). The molecule has 1 N–H and O–H groups in total. The fourth-order valence-corrected chi connectivity index (χ4v) is 2.75. The fraction of sp³-hybridized carbons (Fsp3) is 0.176. The van der Waals surface area contributed by atoms with Crippen molar-refractivity contribution in [1.29, 1.82) is 0 Å². The molecule has 2 aromatic heterocycles. The summed E-state index contributed by atoms with van der Waals surface area (Å²) in [5, 5.41) is 6.18. The zero-order valence-electron chi connectivity index (χ0n) is 12.5. The van der Waals surface area contributed by atoms with E-state index in [9.17, 15) is 0 Å². The minimum atomic E-state index is 0.130. The lowest BCUT2D eigenvalue weighted by Crippen LogP contribution is -2.07. The quantitative estimate of drug-likeness (QED) is 0.739. The molecule has 3 rings (SSSR count). The third-order valence-electron chi connectivity index (χ3n) is 2.95. The minimum absolute atomic E-state index is 0.130. The second kappa shape index (κ2) is 6.58. The van der Waals surface area contributed by atoms with E-state index in [-0.39, 0.29) is 6.10 Å². The van der Waals surface area contributed by atoms with Crippen LogP contribution in [0.2, 0.25) is 0 Å². The van der Waals surface area contributed by atoms with Gasteiger partial charge in [-0.2, -0.15) is 0 Å². The number of pyridine rings is 1. The van der Waals surface area contributed by atoms with Gasteiger partial charge in [0.15, 0.2) is 5.13 Å². The van der Waals surface area contributed by atoms with Crippen molar-refractivity contribution < 1.29 is 4.74 Å². The van der Waals surface area contributed by atoms with Crippen LogP contribution in [0.15, 0.2) is 54.2 Å². The average molecular weight is 311 g/mol. The smallest absolute Gasteiger partial charge is 0.187 e. The van der Waals surface area contributed by atoms with Crippen LogP contribution in [0.5, 0.6) is 5.75 Å². The first-order valence-corrected chi connectivity index (χ1v) is 7.99. The van der Waals surface area contributed by atoms with Crippen molar-refractivity contribution in [3.05, 3.63) is 54.2 Å². The monoisotopic (exact) mass is 311 g/mol. The van der Waals surface area contributed by atoms with Crippen LogP contribution in [0.1, 0.15) is 13.8 Å². The highest BCUT2D eigenvalue weighted by Crippen LogP contribution is 2.31. The van der Waals surface area contributed by atoms with Crippen LogP contribution in [-0.4, -0.2) is 16.1 Å². The van der Waals surface area contributed by atoms with E-state index < -0.39 is 0 Å². The van der Waals surface area contributed by atoms with E-state index in [1.165, 1.54) is 0 Å². The number of ether oxygens (including phenoxy) is 1. The van der Waals surface area contributed by atoms with Crippen molar-refractivity contribution in [2.45, 2.75) is 20.0 Å². The van der Waals surface area contributed by atoms with Crippen LogP contribution in [0.3, 0.4) is 0 Å². The number of benzene rings is 1. The van der Waals surface area contributed by atoms with Crippen molar-refractivity contribution in [2.24, 2.45) is 0 Å². The van der Waals surface area contributed by atoms with Gasteiger partial charge < -0.3 is 10.1 Å². The van der Waals surface area contributed by atoms with E-state index in [1.54, 1.807) is 17.5 Å². The van der Waals surface area contributed by atoms with Gasteiger partial charge in [-0.25, -0.2) is 4.98 Å². The molecule has 3 aromatic rings. The molecule has 0 radical (unpaired) electrons. The zero-order valence-corrected chi connectivity index (χ0v) is 13.3. The van der Waals surface area contributed by atoms with Crippen molar-refractivity contribution >= 4 is 22.2 Å². The summed E-state index contributed by atoms with van der Waals surface area (Å²) in [6.07, 6.45) is 3.70. The predicted molar refractivity (Wildman–Crippen MR) is 90.8 cm³/mol. The number of aromatic nitrogens is 2. The van der Waals surface area contributed by atoms with Crippen LogP contribution < -0.4 is 10.1 Å². The molecule has 0 aliphatic heterocycles. The summed E-state index contributed by atoms with van der Waals surface area (Å²) < 4.78 is 5.81. The molecular formula is C17H17N3OS. The molecule has 0 unspecified atom stereocenters. The first-order valence-electron chi connectivity index (χ1n) is 7.11. The Labute approximate surface area is 133 Å². The van der Waals surface area contributed by atoms with Gasteiger partial charge in [0.25, 0.3) is 0 Å². The summed E-state index contributed by atoms with van der Waals surface area (Å²) in [5.41, 5.74) is 2.85. The maximum absolute atomic E-state index is 5.81. The predicted octanol–water partition coefficient (Wildman–Crippen LogP) is 4.74. The molecule has 0 aliphatic carbocycles. The number of hydrogen-bond acceptors (Lipinski definition) is 5. The first kappa shape index (κ1) is 14.5. The summed E-state index contributed by atoms with van der Waals surface area (Å²) >= 11 is 1.56. The van der Waals surface area contributed by atoms with Gasteiger partial charge in [0.05, 0.1) is 17.5 Å². The molecule has 0 atom stereocenters. The number of nitrogens with zero attached hydrogens (tertiary/aromatic N) is 2. The SMILES string of the molecule is CC(C)Oc1ccccc1Nc1nc(-c2cccnc2)cs1. The number of para-hydroxylation sites is 2. The van der Waals surface area contributed by atoms with Crippen LogP contribution >= 0.6 is 11.3 Å². The number of rotatable bonds is 5. The number of nitrogens with one attached hydrogen (secondary N) is 1. The Morgan fingerprint density at radius 3 is 2.77 bits per heavy atom.